The molecule has 1 aliphatic heterocycles. The molecule has 2 heterocycles. The number of imide groups is 1. The van der Waals surface area contributed by atoms with E-state index in [9.17, 15) is 9.59 Å². The van der Waals surface area contributed by atoms with Gasteiger partial charge in [0.2, 0.25) is 0 Å². The summed E-state index contributed by atoms with van der Waals surface area (Å²) in [5.74, 6) is 0.406. The third-order valence-corrected chi connectivity index (χ3v) is 4.74. The minimum Gasteiger partial charge on any atom is -0.466 e. The molecule has 1 aliphatic carbocycles. The molecule has 21 heavy (non-hydrogen) atoms. The summed E-state index contributed by atoms with van der Waals surface area (Å²) in [6.07, 6.45) is 5.43. The monoisotopic (exact) mass is 291 g/mol. The van der Waals surface area contributed by atoms with Crippen LogP contribution >= 0.6 is 0 Å². The van der Waals surface area contributed by atoms with E-state index < -0.39 is 5.54 Å². The molecule has 3 atom stereocenters. The van der Waals surface area contributed by atoms with Crippen LogP contribution in [0.3, 0.4) is 0 Å². The van der Waals surface area contributed by atoms with Crippen molar-refractivity contribution >= 4 is 11.9 Å². The lowest BCUT2D eigenvalue weighted by molar-refractivity contribution is -0.134. The molecule has 3 N–H and O–H groups in total. The molecular weight excluding hydrogens is 270 g/mol. The van der Waals surface area contributed by atoms with Crippen molar-refractivity contribution in [2.75, 3.05) is 6.54 Å². The molecule has 0 radical (unpaired) electrons. The first kappa shape index (κ1) is 14.1. The maximum Gasteiger partial charge on any atom is 0.325 e. The van der Waals surface area contributed by atoms with Crippen LogP contribution in [0.5, 0.6) is 0 Å². The van der Waals surface area contributed by atoms with Gasteiger partial charge >= 0.3 is 6.03 Å². The average molecular weight is 291 g/mol. The summed E-state index contributed by atoms with van der Waals surface area (Å²) in [7, 11) is 0. The van der Waals surface area contributed by atoms with Crippen LogP contribution in [-0.2, 0) is 10.3 Å². The van der Waals surface area contributed by atoms with Crippen molar-refractivity contribution < 1.29 is 14.0 Å². The van der Waals surface area contributed by atoms with Gasteiger partial charge in [-0.1, -0.05) is 12.8 Å². The summed E-state index contributed by atoms with van der Waals surface area (Å²) in [5.41, 5.74) is 4.71. The number of carbonyl (C=O) groups excluding carboxylic acids is 2. The highest BCUT2D eigenvalue weighted by atomic mass is 16.3. The Labute approximate surface area is 123 Å². The Balaban J connectivity index is 1.90. The fourth-order valence-corrected chi connectivity index (χ4v) is 3.49. The number of furan rings is 1. The van der Waals surface area contributed by atoms with Gasteiger partial charge in [-0.15, -0.1) is 0 Å². The van der Waals surface area contributed by atoms with Gasteiger partial charge in [0.15, 0.2) is 5.54 Å². The van der Waals surface area contributed by atoms with E-state index in [0.29, 0.717) is 12.3 Å². The van der Waals surface area contributed by atoms with Crippen molar-refractivity contribution in [3.63, 3.8) is 0 Å². The number of carbonyl (C=O) groups is 2. The van der Waals surface area contributed by atoms with E-state index in [1.54, 1.807) is 19.1 Å². The van der Waals surface area contributed by atoms with Crippen LogP contribution in [0.25, 0.3) is 0 Å². The Morgan fingerprint density at radius 3 is 2.86 bits per heavy atom. The second-order valence-electron chi connectivity index (χ2n) is 6.06. The lowest BCUT2D eigenvalue weighted by Gasteiger charge is -2.35. The van der Waals surface area contributed by atoms with Crippen molar-refractivity contribution in [2.45, 2.75) is 44.2 Å². The van der Waals surface area contributed by atoms with Gasteiger partial charge in [0, 0.05) is 6.04 Å². The zero-order chi connectivity index (χ0) is 15.0. The van der Waals surface area contributed by atoms with E-state index in [2.05, 4.69) is 5.32 Å². The minimum atomic E-state index is -1.11. The molecule has 3 amide bonds. The standard InChI is InChI=1S/C15H21N3O3/c1-15(12-7-4-8-21-12)13(19)18(14(20)17-15)11-6-3-2-5-10(11)9-16/h4,7-8,10-11H,2-3,5-6,9,16H2,1H3,(H,17,20). The largest absolute Gasteiger partial charge is 0.466 e. The van der Waals surface area contributed by atoms with Crippen LogP contribution in [0.1, 0.15) is 38.4 Å². The van der Waals surface area contributed by atoms with Crippen molar-refractivity contribution in [2.24, 2.45) is 11.7 Å². The molecule has 1 aromatic heterocycles. The summed E-state index contributed by atoms with van der Waals surface area (Å²) in [6, 6.07) is 2.98. The van der Waals surface area contributed by atoms with E-state index >= 15 is 0 Å². The molecule has 3 unspecified atom stereocenters. The normalized spacial score (nSPS) is 33.3. The number of hydrogen-bond donors (Lipinski definition) is 2. The average Bonchev–Trinajstić information content (AvgIpc) is 3.08. The zero-order valence-corrected chi connectivity index (χ0v) is 12.2. The molecular formula is C15H21N3O3. The van der Waals surface area contributed by atoms with Crippen LogP contribution in [-0.4, -0.2) is 29.4 Å². The first-order chi connectivity index (χ1) is 10.1. The first-order valence-corrected chi connectivity index (χ1v) is 7.48. The Morgan fingerprint density at radius 2 is 2.19 bits per heavy atom. The third-order valence-electron chi connectivity index (χ3n) is 4.74. The summed E-state index contributed by atoms with van der Waals surface area (Å²) in [5, 5.41) is 2.78. The number of nitrogens with two attached hydrogens (primary N) is 1. The molecule has 2 fully saturated rings. The van der Waals surface area contributed by atoms with E-state index in [0.717, 1.165) is 25.7 Å². The highest BCUT2D eigenvalue weighted by molar-refractivity contribution is 6.07. The number of amides is 3. The summed E-state index contributed by atoms with van der Waals surface area (Å²) in [6.45, 7) is 2.19. The number of rotatable bonds is 3. The number of nitrogens with zero attached hydrogens (tertiary/aromatic N) is 1. The predicted octanol–water partition coefficient (Wildman–Crippen LogP) is 1.56. The lowest BCUT2D eigenvalue weighted by atomic mass is 9.83. The van der Waals surface area contributed by atoms with Crippen molar-refractivity contribution in [3.8, 4) is 0 Å². The van der Waals surface area contributed by atoms with Crippen LogP contribution in [0.4, 0.5) is 4.79 Å². The van der Waals surface area contributed by atoms with Crippen LogP contribution in [0, 0.1) is 5.92 Å². The lowest BCUT2D eigenvalue weighted by Crippen LogP contribution is -2.49. The molecule has 3 rings (SSSR count). The molecule has 6 heteroatoms. The third kappa shape index (κ3) is 2.14. The van der Waals surface area contributed by atoms with E-state index in [4.69, 9.17) is 10.2 Å². The smallest absolute Gasteiger partial charge is 0.325 e. The Hall–Kier alpha value is -1.82. The minimum absolute atomic E-state index is 0.104. The second kappa shape index (κ2) is 5.18. The number of hydrogen-bond acceptors (Lipinski definition) is 4. The van der Waals surface area contributed by atoms with E-state index in [1.807, 2.05) is 0 Å². The fourth-order valence-electron chi connectivity index (χ4n) is 3.49. The fraction of sp³-hybridized carbons (Fsp3) is 0.600. The van der Waals surface area contributed by atoms with Crippen molar-refractivity contribution in [3.05, 3.63) is 24.2 Å². The molecule has 0 aromatic carbocycles. The Bertz CT molecular complexity index is 542. The first-order valence-electron chi connectivity index (χ1n) is 7.48. The van der Waals surface area contributed by atoms with Gasteiger partial charge in [0.1, 0.15) is 5.76 Å². The molecule has 114 valence electrons. The Morgan fingerprint density at radius 1 is 1.43 bits per heavy atom. The molecule has 1 aromatic rings. The van der Waals surface area contributed by atoms with Gasteiger partial charge in [0.25, 0.3) is 5.91 Å². The second-order valence-corrected chi connectivity index (χ2v) is 6.06. The molecule has 0 spiro atoms. The zero-order valence-electron chi connectivity index (χ0n) is 12.2. The Kier molecular flexibility index (Phi) is 3.49. The summed E-state index contributed by atoms with van der Waals surface area (Å²) < 4.78 is 5.34. The number of nitrogens with one attached hydrogen (secondary N) is 1. The predicted molar refractivity (Wildman–Crippen MR) is 76.2 cm³/mol. The van der Waals surface area contributed by atoms with Crippen LogP contribution in [0.2, 0.25) is 0 Å². The van der Waals surface area contributed by atoms with E-state index in [1.165, 1.54) is 11.2 Å². The molecule has 0 bridgehead atoms. The van der Waals surface area contributed by atoms with E-state index in [-0.39, 0.29) is 23.9 Å². The summed E-state index contributed by atoms with van der Waals surface area (Å²) in [4.78, 5) is 26.6. The SMILES string of the molecule is CC1(c2ccco2)NC(=O)N(C2CCCCC2CN)C1=O. The van der Waals surface area contributed by atoms with Gasteiger partial charge in [-0.05, 0) is 44.4 Å². The number of urea groups is 1. The van der Waals surface area contributed by atoms with Gasteiger partial charge in [0.05, 0.1) is 6.26 Å². The molecule has 2 aliphatic rings. The van der Waals surface area contributed by atoms with Gasteiger partial charge in [-0.25, -0.2) is 4.79 Å². The highest BCUT2D eigenvalue weighted by Crippen LogP contribution is 2.35. The summed E-state index contributed by atoms with van der Waals surface area (Å²) >= 11 is 0. The topological polar surface area (TPSA) is 88.6 Å². The van der Waals surface area contributed by atoms with Crippen molar-refractivity contribution in [1.29, 1.82) is 0 Å². The molecule has 6 nitrogen and oxygen atoms in total. The molecule has 1 saturated heterocycles. The molecule has 1 saturated carbocycles. The maximum absolute atomic E-state index is 12.8. The van der Waals surface area contributed by atoms with Crippen LogP contribution in [0.15, 0.2) is 22.8 Å². The highest BCUT2D eigenvalue weighted by Gasteiger charge is 2.54. The van der Waals surface area contributed by atoms with Gasteiger partial charge in [-0.3, -0.25) is 9.69 Å². The van der Waals surface area contributed by atoms with Crippen LogP contribution < -0.4 is 11.1 Å². The van der Waals surface area contributed by atoms with Gasteiger partial charge in [-0.2, -0.15) is 0 Å². The maximum atomic E-state index is 12.8. The van der Waals surface area contributed by atoms with Crippen molar-refractivity contribution in [1.82, 2.24) is 10.2 Å². The van der Waals surface area contributed by atoms with Gasteiger partial charge < -0.3 is 15.5 Å². The quantitative estimate of drug-likeness (QED) is 0.827.